The van der Waals surface area contributed by atoms with Gasteiger partial charge in [0.2, 0.25) is 5.91 Å². The summed E-state index contributed by atoms with van der Waals surface area (Å²) in [4.78, 5) is 51.3. The number of hydrogen-bond donors (Lipinski definition) is 2. The van der Waals surface area contributed by atoms with Gasteiger partial charge in [-0.3, -0.25) is 19.3 Å². The lowest BCUT2D eigenvalue weighted by Gasteiger charge is -2.25. The van der Waals surface area contributed by atoms with Crippen LogP contribution in [0.15, 0.2) is 36.4 Å². The Bertz CT molecular complexity index is 867. The summed E-state index contributed by atoms with van der Waals surface area (Å²) in [6.45, 7) is 9.35. The molecule has 4 amide bonds. The number of hydrogen-bond acceptors (Lipinski definition) is 5. The molecule has 2 N–H and O–H groups in total. The van der Waals surface area contributed by atoms with E-state index in [1.54, 1.807) is 31.2 Å². The molecule has 0 bridgehead atoms. The van der Waals surface area contributed by atoms with Gasteiger partial charge in [-0.05, 0) is 43.5 Å². The third-order valence-electron chi connectivity index (χ3n) is 4.93. The van der Waals surface area contributed by atoms with Crippen molar-refractivity contribution in [1.29, 1.82) is 0 Å². The standard InChI is InChI=1S/C22H29N3O6/c1-5-11-24(12-10-19(27)28)18(26)13-25-20(29)22(4,23-21(25)30)16-6-8-17(9-7-16)31-14-15(2)3/h6-9H,2,5,10-14H2,1,3-4H3,(H,23,30)(H,27,28). The molecule has 168 valence electrons. The van der Waals surface area contributed by atoms with Crippen LogP contribution in [-0.4, -0.2) is 65.0 Å². The second kappa shape index (κ2) is 10.1. The highest BCUT2D eigenvalue weighted by atomic mass is 16.5. The molecule has 0 aliphatic carbocycles. The van der Waals surface area contributed by atoms with Crippen LogP contribution in [-0.2, 0) is 19.9 Å². The summed E-state index contributed by atoms with van der Waals surface area (Å²) >= 11 is 0. The lowest BCUT2D eigenvalue weighted by atomic mass is 9.92. The highest BCUT2D eigenvalue weighted by Crippen LogP contribution is 2.30. The van der Waals surface area contributed by atoms with E-state index in [0.29, 0.717) is 30.9 Å². The smallest absolute Gasteiger partial charge is 0.325 e. The molecule has 0 radical (unpaired) electrons. The summed E-state index contributed by atoms with van der Waals surface area (Å²) in [6, 6.07) is 6.11. The summed E-state index contributed by atoms with van der Waals surface area (Å²) < 4.78 is 5.55. The van der Waals surface area contributed by atoms with E-state index >= 15 is 0 Å². The third kappa shape index (κ3) is 5.84. The Labute approximate surface area is 181 Å². The van der Waals surface area contributed by atoms with Crippen molar-refractivity contribution in [2.45, 2.75) is 39.2 Å². The molecular formula is C22H29N3O6. The van der Waals surface area contributed by atoms with E-state index < -0.39 is 35.9 Å². The van der Waals surface area contributed by atoms with Crippen LogP contribution in [0.2, 0.25) is 0 Å². The van der Waals surface area contributed by atoms with E-state index in [4.69, 9.17) is 9.84 Å². The molecule has 1 aromatic carbocycles. The quantitative estimate of drug-likeness (QED) is 0.410. The van der Waals surface area contributed by atoms with Crippen LogP contribution >= 0.6 is 0 Å². The average molecular weight is 431 g/mol. The summed E-state index contributed by atoms with van der Waals surface area (Å²) in [5.41, 5.74) is 0.107. The zero-order chi connectivity index (χ0) is 23.2. The Kier molecular flexibility index (Phi) is 7.79. The van der Waals surface area contributed by atoms with Crippen molar-refractivity contribution in [1.82, 2.24) is 15.1 Å². The molecule has 1 aliphatic heterocycles. The zero-order valence-corrected chi connectivity index (χ0v) is 18.1. The van der Waals surface area contributed by atoms with Crippen LogP contribution in [0.25, 0.3) is 0 Å². The van der Waals surface area contributed by atoms with E-state index in [0.717, 1.165) is 10.5 Å². The largest absolute Gasteiger partial charge is 0.489 e. The molecule has 31 heavy (non-hydrogen) atoms. The van der Waals surface area contributed by atoms with Gasteiger partial charge >= 0.3 is 12.0 Å². The van der Waals surface area contributed by atoms with Gasteiger partial charge in [0.25, 0.3) is 5.91 Å². The molecule has 2 rings (SSSR count). The first-order valence-electron chi connectivity index (χ1n) is 10.1. The summed E-state index contributed by atoms with van der Waals surface area (Å²) in [5.74, 6) is -1.43. The minimum absolute atomic E-state index is 0.0224. The monoisotopic (exact) mass is 431 g/mol. The first-order valence-corrected chi connectivity index (χ1v) is 10.1. The Morgan fingerprint density at radius 1 is 1.23 bits per heavy atom. The molecule has 1 heterocycles. The van der Waals surface area contributed by atoms with Crippen molar-refractivity contribution in [3.63, 3.8) is 0 Å². The molecule has 9 heteroatoms. The van der Waals surface area contributed by atoms with Crippen molar-refractivity contribution in [3.05, 3.63) is 42.0 Å². The predicted octanol–water partition coefficient (Wildman–Crippen LogP) is 2.12. The van der Waals surface area contributed by atoms with Crippen LogP contribution in [0, 0.1) is 0 Å². The number of nitrogens with one attached hydrogen (secondary N) is 1. The van der Waals surface area contributed by atoms with Gasteiger partial charge in [-0.2, -0.15) is 0 Å². The Hall–Kier alpha value is -3.36. The van der Waals surface area contributed by atoms with Gasteiger partial charge in [-0.25, -0.2) is 4.79 Å². The second-order valence-electron chi connectivity index (χ2n) is 7.74. The lowest BCUT2D eigenvalue weighted by Crippen LogP contribution is -2.45. The maximum Gasteiger partial charge on any atom is 0.325 e. The van der Waals surface area contributed by atoms with Crippen LogP contribution < -0.4 is 10.1 Å². The van der Waals surface area contributed by atoms with Crippen LogP contribution in [0.1, 0.15) is 39.2 Å². The van der Waals surface area contributed by atoms with Gasteiger partial charge in [0, 0.05) is 13.1 Å². The lowest BCUT2D eigenvalue weighted by molar-refractivity contribution is -0.141. The second-order valence-corrected chi connectivity index (χ2v) is 7.74. The van der Waals surface area contributed by atoms with E-state index in [1.807, 2.05) is 13.8 Å². The average Bonchev–Trinajstić information content (AvgIpc) is 2.93. The summed E-state index contributed by atoms with van der Waals surface area (Å²) in [6.07, 6.45) is 0.423. The van der Waals surface area contributed by atoms with Crippen LogP contribution in [0.3, 0.4) is 0 Å². The van der Waals surface area contributed by atoms with Crippen molar-refractivity contribution >= 4 is 23.8 Å². The number of carboxylic acid groups (broad SMARTS) is 1. The van der Waals surface area contributed by atoms with Gasteiger partial charge in [0.15, 0.2) is 0 Å². The Balaban J connectivity index is 2.12. The van der Waals surface area contributed by atoms with Crippen LogP contribution in [0.4, 0.5) is 4.79 Å². The summed E-state index contributed by atoms with van der Waals surface area (Å²) in [5, 5.41) is 11.5. The van der Waals surface area contributed by atoms with E-state index in [2.05, 4.69) is 11.9 Å². The molecule has 0 aromatic heterocycles. The minimum atomic E-state index is -1.32. The maximum atomic E-state index is 13.1. The van der Waals surface area contributed by atoms with Gasteiger partial charge < -0.3 is 20.1 Å². The van der Waals surface area contributed by atoms with Crippen molar-refractivity contribution in [3.8, 4) is 5.75 Å². The molecule has 1 atom stereocenters. The van der Waals surface area contributed by atoms with E-state index in [-0.39, 0.29) is 13.0 Å². The molecule has 1 fully saturated rings. The molecule has 1 aliphatic rings. The molecule has 1 unspecified atom stereocenters. The molecule has 9 nitrogen and oxygen atoms in total. The first-order chi connectivity index (χ1) is 14.6. The van der Waals surface area contributed by atoms with Gasteiger partial charge in [0.05, 0.1) is 6.42 Å². The third-order valence-corrected chi connectivity index (χ3v) is 4.93. The fraction of sp³-hybridized carbons (Fsp3) is 0.455. The molecule has 0 saturated carbocycles. The number of aliphatic carboxylic acids is 1. The van der Waals surface area contributed by atoms with Crippen molar-refractivity contribution in [2.24, 2.45) is 0 Å². The minimum Gasteiger partial charge on any atom is -0.489 e. The molecule has 1 aromatic rings. The molecular weight excluding hydrogens is 402 g/mol. The topological polar surface area (TPSA) is 116 Å². The normalized spacial score (nSPS) is 18.0. The van der Waals surface area contributed by atoms with E-state index in [9.17, 15) is 19.2 Å². The number of imide groups is 1. The van der Waals surface area contributed by atoms with Crippen molar-refractivity contribution in [2.75, 3.05) is 26.2 Å². The number of rotatable bonds is 11. The first kappa shape index (κ1) is 23.9. The Morgan fingerprint density at radius 2 is 1.87 bits per heavy atom. The van der Waals surface area contributed by atoms with E-state index in [1.165, 1.54) is 4.90 Å². The fourth-order valence-electron chi connectivity index (χ4n) is 3.22. The zero-order valence-electron chi connectivity index (χ0n) is 18.1. The predicted molar refractivity (Wildman–Crippen MR) is 113 cm³/mol. The number of benzene rings is 1. The van der Waals surface area contributed by atoms with Gasteiger partial charge in [-0.15, -0.1) is 0 Å². The number of ether oxygens (including phenoxy) is 1. The van der Waals surface area contributed by atoms with Gasteiger partial charge in [0.1, 0.15) is 24.4 Å². The summed E-state index contributed by atoms with van der Waals surface area (Å²) in [7, 11) is 0. The number of urea groups is 1. The fourth-order valence-corrected chi connectivity index (χ4v) is 3.22. The SMILES string of the molecule is C=C(C)COc1ccc(C2(C)NC(=O)N(CC(=O)N(CCC)CCC(=O)O)C2=O)cc1. The molecule has 1 saturated heterocycles. The number of amides is 4. The number of carbonyl (C=O) groups excluding carboxylic acids is 3. The van der Waals surface area contributed by atoms with Gasteiger partial charge in [-0.1, -0.05) is 25.6 Å². The molecule has 0 spiro atoms. The number of carbonyl (C=O) groups is 4. The highest BCUT2D eigenvalue weighted by molar-refractivity contribution is 6.09. The van der Waals surface area contributed by atoms with Crippen molar-refractivity contribution < 1.29 is 29.0 Å². The number of carboxylic acids is 1. The number of nitrogens with zero attached hydrogens (tertiary/aromatic N) is 2. The Morgan fingerprint density at radius 3 is 2.42 bits per heavy atom. The van der Waals surface area contributed by atoms with Crippen LogP contribution in [0.5, 0.6) is 5.75 Å². The maximum absolute atomic E-state index is 13.1. The highest BCUT2D eigenvalue weighted by Gasteiger charge is 2.49.